The maximum absolute atomic E-state index is 13.5. The van der Waals surface area contributed by atoms with E-state index in [1.54, 1.807) is 36.0 Å². The van der Waals surface area contributed by atoms with Gasteiger partial charge in [-0.05, 0) is 37.3 Å². The number of aromatic nitrogens is 2. The molecule has 3 rings (SSSR count). The van der Waals surface area contributed by atoms with Gasteiger partial charge in [0.1, 0.15) is 0 Å². The van der Waals surface area contributed by atoms with Gasteiger partial charge in [-0.3, -0.25) is 4.79 Å². The lowest BCUT2D eigenvalue weighted by atomic mass is 10.1. The molecule has 3 aromatic rings. The minimum absolute atomic E-state index is 0.101. The maximum Gasteiger partial charge on any atom is 0.258 e. The molecule has 118 valence electrons. The molecule has 23 heavy (non-hydrogen) atoms. The third-order valence-electron chi connectivity index (χ3n) is 3.75. The van der Waals surface area contributed by atoms with Crippen molar-refractivity contribution in [2.24, 2.45) is 0 Å². The Morgan fingerprint density at radius 3 is 2.78 bits per heavy atom. The zero-order valence-corrected chi connectivity index (χ0v) is 13.1. The van der Waals surface area contributed by atoms with Gasteiger partial charge in [0, 0.05) is 36.3 Å². The topological polar surface area (TPSA) is 46.8 Å². The Morgan fingerprint density at radius 2 is 2.04 bits per heavy atom. The summed E-state index contributed by atoms with van der Waals surface area (Å²) in [4.78, 5) is 14.2. The van der Waals surface area contributed by atoms with Crippen LogP contribution in [0.1, 0.15) is 16.1 Å². The molecule has 2 aromatic heterocycles. The number of carbonyl (C=O) groups excluding carboxylic acids is 1. The Hall–Kier alpha value is -2.89. The summed E-state index contributed by atoms with van der Waals surface area (Å²) in [6.45, 7) is 1.89. The molecule has 1 amide bonds. The number of hydrogen-bond donors (Lipinski definition) is 0. The fraction of sp³-hybridized carbons (Fsp3) is 0.176. The van der Waals surface area contributed by atoms with Gasteiger partial charge >= 0.3 is 0 Å². The second-order valence-corrected chi connectivity index (χ2v) is 5.24. The smallest absolute Gasteiger partial charge is 0.258 e. The van der Waals surface area contributed by atoms with Crippen molar-refractivity contribution >= 4 is 17.1 Å². The molecule has 0 saturated heterocycles. The maximum atomic E-state index is 13.5. The highest BCUT2D eigenvalue weighted by Gasteiger charge is 2.17. The average Bonchev–Trinajstić information content (AvgIpc) is 3.03. The van der Waals surface area contributed by atoms with Crippen LogP contribution in [-0.4, -0.2) is 29.7 Å². The van der Waals surface area contributed by atoms with E-state index in [1.165, 1.54) is 24.1 Å². The monoisotopic (exact) mass is 313 g/mol. The number of fused-ring (bicyclic) bond motifs is 1. The van der Waals surface area contributed by atoms with Crippen LogP contribution in [0.15, 0.2) is 42.6 Å². The standard InChI is InChI=1S/C17H16FN3O2/c1-11-8-12(9-14-6-7-19-21(11)14)17(22)20(2)13-4-5-15(18)16(10-13)23-3/h4-10H,1-3H3. The number of halogens is 1. The lowest BCUT2D eigenvalue weighted by Crippen LogP contribution is -2.26. The first-order valence-electron chi connectivity index (χ1n) is 7.07. The quantitative estimate of drug-likeness (QED) is 0.746. The van der Waals surface area contributed by atoms with Gasteiger partial charge in [-0.15, -0.1) is 0 Å². The number of hydrogen-bond acceptors (Lipinski definition) is 3. The van der Waals surface area contributed by atoms with E-state index in [4.69, 9.17) is 4.74 Å². The van der Waals surface area contributed by atoms with E-state index in [1.807, 2.05) is 13.0 Å². The molecule has 0 unspecified atom stereocenters. The Balaban J connectivity index is 1.97. The van der Waals surface area contributed by atoms with Gasteiger partial charge < -0.3 is 9.64 Å². The zero-order valence-electron chi connectivity index (χ0n) is 13.1. The first-order valence-corrected chi connectivity index (χ1v) is 7.07. The second kappa shape index (κ2) is 5.72. The van der Waals surface area contributed by atoms with Gasteiger partial charge in [0.15, 0.2) is 11.6 Å². The fourth-order valence-corrected chi connectivity index (χ4v) is 2.50. The van der Waals surface area contributed by atoms with Crippen LogP contribution in [0.2, 0.25) is 0 Å². The van der Waals surface area contributed by atoms with Gasteiger partial charge in [0.2, 0.25) is 0 Å². The van der Waals surface area contributed by atoms with E-state index in [0.29, 0.717) is 11.3 Å². The number of ether oxygens (including phenoxy) is 1. The Kier molecular flexibility index (Phi) is 3.73. The molecule has 0 bridgehead atoms. The zero-order chi connectivity index (χ0) is 16.6. The average molecular weight is 313 g/mol. The minimum atomic E-state index is -0.464. The predicted octanol–water partition coefficient (Wildman–Crippen LogP) is 3.07. The Labute approximate surface area is 132 Å². The van der Waals surface area contributed by atoms with Gasteiger partial charge in [-0.25, -0.2) is 8.91 Å². The van der Waals surface area contributed by atoms with E-state index in [2.05, 4.69) is 5.10 Å². The van der Waals surface area contributed by atoms with Crippen LogP contribution in [0.5, 0.6) is 5.75 Å². The highest BCUT2D eigenvalue weighted by Crippen LogP contribution is 2.25. The molecule has 0 atom stereocenters. The van der Waals surface area contributed by atoms with Crippen molar-refractivity contribution in [1.82, 2.24) is 9.61 Å². The molecular weight excluding hydrogens is 297 g/mol. The van der Waals surface area contributed by atoms with Gasteiger partial charge in [-0.1, -0.05) is 0 Å². The highest BCUT2D eigenvalue weighted by molar-refractivity contribution is 6.06. The van der Waals surface area contributed by atoms with Crippen LogP contribution in [0.4, 0.5) is 10.1 Å². The molecule has 0 saturated carbocycles. The van der Waals surface area contributed by atoms with Crippen molar-refractivity contribution in [3.63, 3.8) is 0 Å². The molecular formula is C17H16FN3O2. The minimum Gasteiger partial charge on any atom is -0.494 e. The summed E-state index contributed by atoms with van der Waals surface area (Å²) in [7, 11) is 3.03. The predicted molar refractivity (Wildman–Crippen MR) is 85.6 cm³/mol. The van der Waals surface area contributed by atoms with E-state index < -0.39 is 5.82 Å². The van der Waals surface area contributed by atoms with Crippen LogP contribution >= 0.6 is 0 Å². The molecule has 6 heteroatoms. The first-order chi connectivity index (χ1) is 11.0. The number of pyridine rings is 1. The third kappa shape index (κ3) is 2.63. The lowest BCUT2D eigenvalue weighted by Gasteiger charge is -2.19. The molecule has 5 nitrogen and oxygen atoms in total. The number of amides is 1. The highest BCUT2D eigenvalue weighted by atomic mass is 19.1. The first kappa shape index (κ1) is 15.0. The third-order valence-corrected chi connectivity index (χ3v) is 3.75. The normalized spacial score (nSPS) is 10.8. The molecule has 1 aromatic carbocycles. The summed E-state index contributed by atoms with van der Waals surface area (Å²) >= 11 is 0. The molecule has 0 fully saturated rings. The fourth-order valence-electron chi connectivity index (χ4n) is 2.50. The van der Waals surface area contributed by atoms with Crippen molar-refractivity contribution in [3.8, 4) is 5.75 Å². The summed E-state index contributed by atoms with van der Waals surface area (Å²) in [6.07, 6.45) is 1.69. The molecule has 0 radical (unpaired) electrons. The van der Waals surface area contributed by atoms with E-state index in [9.17, 15) is 9.18 Å². The van der Waals surface area contributed by atoms with Crippen molar-refractivity contribution in [3.05, 3.63) is 59.7 Å². The number of nitrogens with zero attached hydrogens (tertiary/aromatic N) is 3. The second-order valence-electron chi connectivity index (χ2n) is 5.24. The van der Waals surface area contributed by atoms with Gasteiger partial charge in [0.25, 0.3) is 5.91 Å². The summed E-state index contributed by atoms with van der Waals surface area (Å²) in [6, 6.07) is 9.71. The largest absolute Gasteiger partial charge is 0.494 e. The van der Waals surface area contributed by atoms with Crippen molar-refractivity contribution < 1.29 is 13.9 Å². The van der Waals surface area contributed by atoms with Crippen molar-refractivity contribution in [2.75, 3.05) is 19.1 Å². The molecule has 0 aliphatic heterocycles. The van der Waals surface area contributed by atoms with E-state index >= 15 is 0 Å². The number of rotatable bonds is 3. The summed E-state index contributed by atoms with van der Waals surface area (Å²) < 4.78 is 20.2. The van der Waals surface area contributed by atoms with E-state index in [-0.39, 0.29) is 11.7 Å². The molecule has 0 aliphatic rings. The molecule has 0 spiro atoms. The number of benzene rings is 1. The summed E-state index contributed by atoms with van der Waals surface area (Å²) in [5.74, 6) is -0.552. The van der Waals surface area contributed by atoms with Crippen molar-refractivity contribution in [2.45, 2.75) is 6.92 Å². The van der Waals surface area contributed by atoms with Crippen LogP contribution < -0.4 is 9.64 Å². The van der Waals surface area contributed by atoms with Gasteiger partial charge in [0.05, 0.1) is 12.6 Å². The Morgan fingerprint density at radius 1 is 1.26 bits per heavy atom. The van der Waals surface area contributed by atoms with Crippen LogP contribution in [0.25, 0.3) is 5.52 Å². The summed E-state index contributed by atoms with van der Waals surface area (Å²) in [5, 5.41) is 4.19. The van der Waals surface area contributed by atoms with E-state index in [0.717, 1.165) is 11.2 Å². The number of aryl methyl sites for hydroxylation is 1. The molecule has 0 aliphatic carbocycles. The molecule has 0 N–H and O–H groups in total. The molecule has 2 heterocycles. The Bertz CT molecular complexity index is 889. The summed E-state index contributed by atoms with van der Waals surface area (Å²) in [5.41, 5.74) is 2.81. The number of anilines is 1. The van der Waals surface area contributed by atoms with Gasteiger partial charge in [-0.2, -0.15) is 5.10 Å². The lowest BCUT2D eigenvalue weighted by molar-refractivity contribution is 0.0993. The number of methoxy groups -OCH3 is 1. The SMILES string of the molecule is COc1cc(N(C)C(=O)c2cc(C)n3nccc3c2)ccc1F. The van der Waals surface area contributed by atoms with Crippen LogP contribution in [0.3, 0.4) is 0 Å². The van der Waals surface area contributed by atoms with Crippen LogP contribution in [-0.2, 0) is 0 Å². The van der Waals surface area contributed by atoms with Crippen LogP contribution in [0, 0.1) is 12.7 Å². The number of carbonyl (C=O) groups is 1. The van der Waals surface area contributed by atoms with Crippen molar-refractivity contribution in [1.29, 1.82) is 0 Å².